The van der Waals surface area contributed by atoms with Gasteiger partial charge in [0.2, 0.25) is 17.7 Å². The van der Waals surface area contributed by atoms with Crippen molar-refractivity contribution in [2.75, 3.05) is 25.6 Å². The van der Waals surface area contributed by atoms with Gasteiger partial charge in [0.25, 0.3) is 0 Å². The third-order valence-corrected chi connectivity index (χ3v) is 5.93. The van der Waals surface area contributed by atoms with Gasteiger partial charge >= 0.3 is 0 Å². The number of hydrogen-bond acceptors (Lipinski definition) is 5. The molecule has 4 rings (SSSR count). The summed E-state index contributed by atoms with van der Waals surface area (Å²) < 4.78 is 5.83. The number of imide groups is 1. The molecule has 8 heteroatoms. The van der Waals surface area contributed by atoms with Gasteiger partial charge in [-0.2, -0.15) is 0 Å². The molecule has 3 aliphatic rings. The topological polar surface area (TPSA) is 87.7 Å². The molecule has 0 aliphatic carbocycles. The van der Waals surface area contributed by atoms with Crippen molar-refractivity contribution in [3.63, 3.8) is 0 Å². The van der Waals surface area contributed by atoms with Gasteiger partial charge in [0, 0.05) is 28.9 Å². The summed E-state index contributed by atoms with van der Waals surface area (Å²) >= 11 is 3.43. The van der Waals surface area contributed by atoms with Crippen LogP contribution in [0.25, 0.3) is 0 Å². The van der Waals surface area contributed by atoms with Crippen LogP contribution in [0.5, 0.6) is 0 Å². The van der Waals surface area contributed by atoms with E-state index in [0.717, 1.165) is 4.47 Å². The Bertz CT molecular complexity index is 798. The molecule has 1 spiro atoms. The van der Waals surface area contributed by atoms with E-state index in [1.165, 1.54) is 12.0 Å². The van der Waals surface area contributed by atoms with Gasteiger partial charge in [0.1, 0.15) is 5.54 Å². The molecule has 25 heavy (non-hydrogen) atoms. The molecule has 2 saturated heterocycles. The minimum Gasteiger partial charge on any atom is -0.383 e. The van der Waals surface area contributed by atoms with Crippen molar-refractivity contribution in [3.05, 3.63) is 28.2 Å². The van der Waals surface area contributed by atoms with Crippen molar-refractivity contribution < 1.29 is 19.1 Å². The molecule has 0 bridgehead atoms. The Hall–Kier alpha value is -1.77. The maximum Gasteiger partial charge on any atom is 0.250 e. The Morgan fingerprint density at radius 2 is 2.04 bits per heavy atom. The molecule has 3 heterocycles. The van der Waals surface area contributed by atoms with Crippen LogP contribution < -0.4 is 10.6 Å². The minimum absolute atomic E-state index is 0.205. The maximum absolute atomic E-state index is 13.1. The zero-order valence-corrected chi connectivity index (χ0v) is 15.4. The van der Waals surface area contributed by atoms with Crippen LogP contribution >= 0.6 is 15.9 Å². The van der Waals surface area contributed by atoms with Gasteiger partial charge < -0.3 is 10.1 Å². The van der Waals surface area contributed by atoms with E-state index in [2.05, 4.69) is 26.6 Å². The van der Waals surface area contributed by atoms with Crippen molar-refractivity contribution >= 4 is 39.3 Å². The molecule has 4 unspecified atom stereocenters. The predicted molar refractivity (Wildman–Crippen MR) is 92.6 cm³/mol. The average Bonchev–Trinajstić information content (AvgIpc) is 3.12. The van der Waals surface area contributed by atoms with Gasteiger partial charge in [0.05, 0.1) is 25.0 Å². The molecule has 1 aromatic carbocycles. The number of nitrogens with zero attached hydrogens (tertiary/aromatic N) is 1. The first-order valence-electron chi connectivity index (χ1n) is 8.15. The molecule has 1 aromatic rings. The van der Waals surface area contributed by atoms with Crippen LogP contribution in [0.4, 0.5) is 5.69 Å². The van der Waals surface area contributed by atoms with E-state index in [4.69, 9.17) is 4.74 Å². The highest BCUT2D eigenvalue weighted by atomic mass is 79.9. The summed E-state index contributed by atoms with van der Waals surface area (Å²) in [5.74, 6) is -2.14. The number of fused-ring (bicyclic) bond motifs is 4. The number of methoxy groups -OCH3 is 1. The first-order valence-corrected chi connectivity index (χ1v) is 8.94. The fraction of sp³-hybridized carbons (Fsp3) is 0.471. The van der Waals surface area contributed by atoms with Crippen LogP contribution in [-0.2, 0) is 24.7 Å². The highest BCUT2D eigenvalue weighted by Gasteiger charge is 2.69. The predicted octanol–water partition coefficient (Wildman–Crippen LogP) is 0.836. The average molecular weight is 408 g/mol. The second kappa shape index (κ2) is 5.62. The molecule has 3 aliphatic heterocycles. The third-order valence-electron chi connectivity index (χ3n) is 5.43. The van der Waals surface area contributed by atoms with Gasteiger partial charge in [-0.05, 0) is 25.1 Å². The van der Waals surface area contributed by atoms with Crippen molar-refractivity contribution in [1.82, 2.24) is 10.2 Å². The lowest BCUT2D eigenvalue weighted by molar-refractivity contribution is -0.143. The van der Waals surface area contributed by atoms with E-state index in [1.807, 2.05) is 19.1 Å². The Labute approximate surface area is 153 Å². The molecule has 132 valence electrons. The summed E-state index contributed by atoms with van der Waals surface area (Å²) in [7, 11) is 1.52. The SMILES string of the molecule is COCCN1C(=O)C2C(C)NC3(C(=O)Nc4ccc(Br)cc43)C2C1=O. The lowest BCUT2D eigenvalue weighted by Crippen LogP contribution is -2.53. The van der Waals surface area contributed by atoms with Crippen LogP contribution in [0.1, 0.15) is 12.5 Å². The number of anilines is 1. The fourth-order valence-electron chi connectivity index (χ4n) is 4.40. The van der Waals surface area contributed by atoms with E-state index >= 15 is 0 Å². The number of ether oxygens (including phenoxy) is 1. The zero-order valence-electron chi connectivity index (χ0n) is 13.8. The fourth-order valence-corrected chi connectivity index (χ4v) is 4.76. The third kappa shape index (κ3) is 2.07. The Kier molecular flexibility index (Phi) is 3.75. The first-order chi connectivity index (χ1) is 11.9. The molecule has 3 amide bonds. The summed E-state index contributed by atoms with van der Waals surface area (Å²) in [5.41, 5.74) is 0.169. The molecule has 0 saturated carbocycles. The lowest BCUT2D eigenvalue weighted by atomic mass is 9.76. The van der Waals surface area contributed by atoms with Gasteiger partial charge in [-0.1, -0.05) is 15.9 Å². The molecular formula is C17H18BrN3O4. The van der Waals surface area contributed by atoms with E-state index in [9.17, 15) is 14.4 Å². The highest BCUT2D eigenvalue weighted by molar-refractivity contribution is 9.10. The number of halogens is 1. The summed E-state index contributed by atoms with van der Waals surface area (Å²) in [6.45, 7) is 2.33. The molecule has 2 N–H and O–H groups in total. The molecule has 4 atom stereocenters. The maximum atomic E-state index is 13.1. The van der Waals surface area contributed by atoms with Crippen molar-refractivity contribution in [2.24, 2.45) is 11.8 Å². The molecular weight excluding hydrogens is 390 g/mol. The molecule has 7 nitrogen and oxygen atoms in total. The van der Waals surface area contributed by atoms with Crippen LogP contribution in [0.15, 0.2) is 22.7 Å². The van der Waals surface area contributed by atoms with E-state index in [1.54, 1.807) is 6.07 Å². The summed E-state index contributed by atoms with van der Waals surface area (Å²) in [6.07, 6.45) is 0. The van der Waals surface area contributed by atoms with Crippen molar-refractivity contribution in [1.29, 1.82) is 0 Å². The number of benzene rings is 1. The molecule has 2 fully saturated rings. The van der Waals surface area contributed by atoms with Crippen molar-refractivity contribution in [3.8, 4) is 0 Å². The van der Waals surface area contributed by atoms with E-state index in [0.29, 0.717) is 11.3 Å². The second-order valence-electron chi connectivity index (χ2n) is 6.71. The number of amides is 3. The van der Waals surface area contributed by atoms with Gasteiger partial charge in [-0.15, -0.1) is 0 Å². The van der Waals surface area contributed by atoms with E-state index < -0.39 is 17.4 Å². The number of rotatable bonds is 3. The molecule has 0 aromatic heterocycles. The van der Waals surface area contributed by atoms with Crippen LogP contribution in [0.3, 0.4) is 0 Å². The number of carbonyl (C=O) groups excluding carboxylic acids is 3. The van der Waals surface area contributed by atoms with E-state index in [-0.39, 0.29) is 36.9 Å². The zero-order chi connectivity index (χ0) is 17.9. The summed E-state index contributed by atoms with van der Waals surface area (Å²) in [6, 6.07) is 5.19. The largest absolute Gasteiger partial charge is 0.383 e. The van der Waals surface area contributed by atoms with Gasteiger partial charge in [-0.25, -0.2) is 0 Å². The Balaban J connectivity index is 1.83. The summed E-state index contributed by atoms with van der Waals surface area (Å²) in [5, 5.41) is 6.12. The van der Waals surface area contributed by atoms with Crippen LogP contribution in [-0.4, -0.2) is 48.9 Å². The number of nitrogens with one attached hydrogen (secondary N) is 2. The quantitative estimate of drug-likeness (QED) is 0.724. The Morgan fingerprint density at radius 3 is 2.76 bits per heavy atom. The lowest BCUT2D eigenvalue weighted by Gasteiger charge is -2.29. The van der Waals surface area contributed by atoms with Gasteiger partial charge in [0.15, 0.2) is 0 Å². The van der Waals surface area contributed by atoms with Crippen LogP contribution in [0.2, 0.25) is 0 Å². The van der Waals surface area contributed by atoms with Crippen LogP contribution in [0, 0.1) is 11.8 Å². The number of hydrogen-bond donors (Lipinski definition) is 2. The monoisotopic (exact) mass is 407 g/mol. The first kappa shape index (κ1) is 16.7. The normalized spacial score (nSPS) is 33.2. The minimum atomic E-state index is -1.21. The second-order valence-corrected chi connectivity index (χ2v) is 7.63. The van der Waals surface area contributed by atoms with Gasteiger partial charge in [-0.3, -0.25) is 24.6 Å². The Morgan fingerprint density at radius 1 is 1.28 bits per heavy atom. The smallest absolute Gasteiger partial charge is 0.250 e. The summed E-state index contributed by atoms with van der Waals surface area (Å²) in [4.78, 5) is 40.0. The number of likely N-dealkylation sites (tertiary alicyclic amines) is 1. The van der Waals surface area contributed by atoms with Crippen molar-refractivity contribution in [2.45, 2.75) is 18.5 Å². The standard InChI is InChI=1S/C17H18BrN3O4/c1-8-12-13(15(23)21(14(12)22)5-6-25-2)17(20-8)10-7-9(18)3-4-11(10)19-16(17)24/h3-4,7-8,12-13,20H,5-6H2,1-2H3,(H,19,24). The highest BCUT2D eigenvalue weighted by Crippen LogP contribution is 2.53. The number of carbonyl (C=O) groups is 3. The molecule has 0 radical (unpaired) electrons.